The molecule has 1 fully saturated rings. The highest BCUT2D eigenvalue weighted by molar-refractivity contribution is 7.18. The van der Waals surface area contributed by atoms with Gasteiger partial charge in [0, 0.05) is 39.0 Å². The first kappa shape index (κ1) is 17.9. The lowest BCUT2D eigenvalue weighted by molar-refractivity contribution is -0.116. The van der Waals surface area contributed by atoms with Crippen LogP contribution in [0.4, 0.5) is 11.4 Å². The van der Waals surface area contributed by atoms with E-state index in [0.29, 0.717) is 12.8 Å². The van der Waals surface area contributed by atoms with E-state index >= 15 is 0 Å². The third-order valence-corrected chi connectivity index (χ3v) is 6.02. The van der Waals surface area contributed by atoms with Crippen molar-refractivity contribution < 1.29 is 4.79 Å². The molecule has 27 heavy (non-hydrogen) atoms. The van der Waals surface area contributed by atoms with Gasteiger partial charge < -0.3 is 15.1 Å². The number of anilines is 2. The Morgan fingerprint density at radius 1 is 1.07 bits per heavy atom. The van der Waals surface area contributed by atoms with Crippen molar-refractivity contribution in [1.82, 2.24) is 9.88 Å². The van der Waals surface area contributed by atoms with Gasteiger partial charge in [-0.25, -0.2) is 4.98 Å². The number of carbonyl (C=O) groups is 1. The largest absolute Gasteiger partial charge is 0.367 e. The topological polar surface area (TPSA) is 48.5 Å². The second kappa shape index (κ2) is 8.06. The van der Waals surface area contributed by atoms with E-state index in [9.17, 15) is 4.79 Å². The lowest BCUT2D eigenvalue weighted by atomic mass is 10.2. The molecular weight excluding hydrogens is 356 g/mol. The minimum atomic E-state index is 0.0378. The third-order valence-electron chi connectivity index (χ3n) is 4.93. The fraction of sp³-hybridized carbons (Fsp3) is 0.333. The molecular formula is C21H24N4OS. The van der Waals surface area contributed by atoms with Crippen LogP contribution in [0.5, 0.6) is 0 Å². The number of amides is 1. The number of carbonyl (C=O) groups excluding carboxylic acids is 1. The molecule has 3 aromatic rings. The molecule has 1 aromatic heterocycles. The molecule has 1 saturated heterocycles. The summed E-state index contributed by atoms with van der Waals surface area (Å²) in [7, 11) is 2.15. The predicted octanol–water partition coefficient (Wildman–Crippen LogP) is 3.62. The zero-order valence-corrected chi connectivity index (χ0v) is 16.3. The molecule has 0 aliphatic carbocycles. The Hall–Kier alpha value is -2.44. The van der Waals surface area contributed by atoms with Crippen LogP contribution in [-0.2, 0) is 11.2 Å². The van der Waals surface area contributed by atoms with Crippen molar-refractivity contribution in [3.05, 3.63) is 53.5 Å². The molecule has 5 nitrogen and oxygen atoms in total. The summed E-state index contributed by atoms with van der Waals surface area (Å²) in [6.07, 6.45) is 1.11. The van der Waals surface area contributed by atoms with Crippen molar-refractivity contribution in [3.8, 4) is 0 Å². The van der Waals surface area contributed by atoms with Gasteiger partial charge in [0.2, 0.25) is 5.91 Å². The molecule has 1 aliphatic rings. The van der Waals surface area contributed by atoms with Crippen LogP contribution in [0.2, 0.25) is 0 Å². The summed E-state index contributed by atoms with van der Waals surface area (Å²) in [4.78, 5) is 21.8. The van der Waals surface area contributed by atoms with Crippen LogP contribution >= 0.6 is 11.3 Å². The van der Waals surface area contributed by atoms with Crippen molar-refractivity contribution in [2.75, 3.05) is 43.4 Å². The molecule has 0 atom stereocenters. The number of hydrogen-bond donors (Lipinski definition) is 1. The Balaban J connectivity index is 1.39. The molecule has 6 heteroatoms. The van der Waals surface area contributed by atoms with E-state index in [1.54, 1.807) is 11.3 Å². The van der Waals surface area contributed by atoms with E-state index in [2.05, 4.69) is 39.3 Å². The summed E-state index contributed by atoms with van der Waals surface area (Å²) < 4.78 is 1.17. The molecule has 2 heterocycles. The quantitative estimate of drug-likeness (QED) is 0.734. The standard InChI is InChI=1S/C21H24N4OS/c1-24-12-14-25(15-13-24)18-8-4-2-6-16(18)22-20(26)10-11-21-23-17-7-3-5-9-19(17)27-21/h2-9H,10-15H2,1H3,(H,22,26). The number of para-hydroxylation sites is 3. The highest BCUT2D eigenvalue weighted by Crippen LogP contribution is 2.27. The number of benzene rings is 2. The number of nitrogens with one attached hydrogen (secondary N) is 1. The smallest absolute Gasteiger partial charge is 0.224 e. The molecule has 1 aliphatic heterocycles. The molecule has 0 unspecified atom stereocenters. The van der Waals surface area contributed by atoms with Gasteiger partial charge in [0.1, 0.15) is 0 Å². The highest BCUT2D eigenvalue weighted by atomic mass is 32.1. The fourth-order valence-corrected chi connectivity index (χ4v) is 4.33. The van der Waals surface area contributed by atoms with Crippen LogP contribution < -0.4 is 10.2 Å². The van der Waals surface area contributed by atoms with E-state index in [0.717, 1.165) is 48.1 Å². The Morgan fingerprint density at radius 2 is 1.81 bits per heavy atom. The number of nitrogens with zero attached hydrogens (tertiary/aromatic N) is 3. The van der Waals surface area contributed by atoms with Crippen LogP contribution in [0.15, 0.2) is 48.5 Å². The van der Waals surface area contributed by atoms with E-state index in [1.165, 1.54) is 4.70 Å². The summed E-state index contributed by atoms with van der Waals surface area (Å²) in [6, 6.07) is 16.2. The van der Waals surface area contributed by atoms with Crippen molar-refractivity contribution >= 4 is 38.8 Å². The van der Waals surface area contributed by atoms with Crippen molar-refractivity contribution in [2.24, 2.45) is 0 Å². The van der Waals surface area contributed by atoms with E-state index in [-0.39, 0.29) is 5.91 Å². The minimum absolute atomic E-state index is 0.0378. The molecule has 2 aromatic carbocycles. The van der Waals surface area contributed by atoms with Crippen LogP contribution in [0.3, 0.4) is 0 Å². The van der Waals surface area contributed by atoms with Gasteiger partial charge in [0.15, 0.2) is 0 Å². The van der Waals surface area contributed by atoms with Crippen LogP contribution in [0.1, 0.15) is 11.4 Å². The maximum Gasteiger partial charge on any atom is 0.224 e. The molecule has 0 spiro atoms. The van der Waals surface area contributed by atoms with Crippen molar-refractivity contribution in [1.29, 1.82) is 0 Å². The first-order valence-electron chi connectivity index (χ1n) is 9.36. The number of rotatable bonds is 5. The third kappa shape index (κ3) is 4.28. The number of fused-ring (bicyclic) bond motifs is 1. The summed E-state index contributed by atoms with van der Waals surface area (Å²) in [5.41, 5.74) is 3.02. The van der Waals surface area contributed by atoms with Gasteiger partial charge in [-0.15, -0.1) is 11.3 Å². The number of hydrogen-bond acceptors (Lipinski definition) is 5. The van der Waals surface area contributed by atoms with E-state index < -0.39 is 0 Å². The minimum Gasteiger partial charge on any atom is -0.367 e. The van der Waals surface area contributed by atoms with E-state index in [4.69, 9.17) is 0 Å². The second-order valence-electron chi connectivity index (χ2n) is 6.93. The highest BCUT2D eigenvalue weighted by Gasteiger charge is 2.17. The SMILES string of the molecule is CN1CCN(c2ccccc2NC(=O)CCc2nc3ccccc3s2)CC1. The lowest BCUT2D eigenvalue weighted by Gasteiger charge is -2.35. The summed E-state index contributed by atoms with van der Waals surface area (Å²) >= 11 is 1.67. The van der Waals surface area contributed by atoms with E-state index in [1.807, 2.05) is 36.4 Å². The molecule has 4 rings (SSSR count). The monoisotopic (exact) mass is 380 g/mol. The van der Waals surface area contributed by atoms with Crippen LogP contribution in [0, 0.1) is 0 Å². The summed E-state index contributed by atoms with van der Waals surface area (Å²) in [5.74, 6) is 0.0378. The Labute approximate surface area is 163 Å². The normalized spacial score (nSPS) is 15.2. The lowest BCUT2D eigenvalue weighted by Crippen LogP contribution is -2.44. The molecule has 0 saturated carbocycles. The molecule has 140 valence electrons. The maximum atomic E-state index is 12.5. The van der Waals surface area contributed by atoms with Crippen LogP contribution in [0.25, 0.3) is 10.2 Å². The number of piperazine rings is 1. The van der Waals surface area contributed by atoms with Crippen LogP contribution in [-0.4, -0.2) is 49.0 Å². The summed E-state index contributed by atoms with van der Waals surface area (Å²) in [6.45, 7) is 4.05. The van der Waals surface area contributed by atoms with Gasteiger partial charge in [-0.05, 0) is 31.3 Å². The number of likely N-dealkylation sites (N-methyl/N-ethyl adjacent to an activating group) is 1. The predicted molar refractivity (Wildman–Crippen MR) is 113 cm³/mol. The average Bonchev–Trinajstić information content (AvgIpc) is 3.11. The van der Waals surface area contributed by atoms with Gasteiger partial charge in [0.25, 0.3) is 0 Å². The zero-order valence-electron chi connectivity index (χ0n) is 15.5. The first-order chi connectivity index (χ1) is 13.2. The fourth-order valence-electron chi connectivity index (χ4n) is 3.36. The number of aromatic nitrogens is 1. The van der Waals surface area contributed by atoms with Crippen molar-refractivity contribution in [2.45, 2.75) is 12.8 Å². The van der Waals surface area contributed by atoms with Gasteiger partial charge in [-0.3, -0.25) is 4.79 Å². The van der Waals surface area contributed by atoms with Gasteiger partial charge in [-0.1, -0.05) is 24.3 Å². The summed E-state index contributed by atoms with van der Waals surface area (Å²) in [5, 5.41) is 4.12. The van der Waals surface area contributed by atoms with Crippen molar-refractivity contribution in [3.63, 3.8) is 0 Å². The molecule has 1 N–H and O–H groups in total. The Bertz CT molecular complexity index is 898. The Morgan fingerprint density at radius 3 is 2.63 bits per heavy atom. The molecule has 0 bridgehead atoms. The number of thiazole rings is 1. The van der Waals surface area contributed by atoms with Gasteiger partial charge >= 0.3 is 0 Å². The first-order valence-corrected chi connectivity index (χ1v) is 10.2. The zero-order chi connectivity index (χ0) is 18.6. The molecule has 1 amide bonds. The maximum absolute atomic E-state index is 12.5. The van der Waals surface area contributed by atoms with Gasteiger partial charge in [-0.2, -0.15) is 0 Å². The average molecular weight is 381 g/mol. The molecule has 0 radical (unpaired) electrons. The number of aryl methyl sites for hydroxylation is 1. The van der Waals surface area contributed by atoms with Gasteiger partial charge in [0.05, 0.1) is 26.6 Å². The second-order valence-corrected chi connectivity index (χ2v) is 8.05. The Kier molecular flexibility index (Phi) is 5.36.